The van der Waals surface area contributed by atoms with Crippen molar-refractivity contribution >= 4 is 17.9 Å². The SMILES string of the molecule is Cc1c[nH]c(=O)n1-c1ccc(C(=O)OC(C(=O)NC(N)=O)C(C)C)cc1. The fourth-order valence-corrected chi connectivity index (χ4v) is 2.39. The molecule has 3 amide bonds. The maximum Gasteiger partial charge on any atom is 0.338 e. The monoisotopic (exact) mass is 360 g/mol. The van der Waals surface area contributed by atoms with Crippen molar-refractivity contribution in [3.63, 3.8) is 0 Å². The second-order valence-electron chi connectivity index (χ2n) is 6.04. The number of primary amides is 1. The maximum atomic E-state index is 12.3. The van der Waals surface area contributed by atoms with Crippen molar-refractivity contribution in [3.05, 3.63) is 52.2 Å². The van der Waals surface area contributed by atoms with Crippen LogP contribution in [0.4, 0.5) is 4.79 Å². The Bertz CT molecular complexity index is 879. The molecule has 1 unspecified atom stereocenters. The van der Waals surface area contributed by atoms with Crippen LogP contribution in [0.1, 0.15) is 29.9 Å². The minimum absolute atomic E-state index is 0.201. The van der Waals surface area contributed by atoms with E-state index in [1.807, 2.05) is 5.32 Å². The van der Waals surface area contributed by atoms with Crippen LogP contribution in [0, 0.1) is 12.8 Å². The first-order valence-electron chi connectivity index (χ1n) is 7.89. The van der Waals surface area contributed by atoms with Gasteiger partial charge in [0.25, 0.3) is 5.91 Å². The number of carbonyl (C=O) groups is 3. The van der Waals surface area contributed by atoms with Crippen LogP contribution in [-0.2, 0) is 9.53 Å². The van der Waals surface area contributed by atoms with E-state index >= 15 is 0 Å². The Morgan fingerprint density at radius 1 is 1.19 bits per heavy atom. The van der Waals surface area contributed by atoms with Crippen LogP contribution in [0.15, 0.2) is 35.3 Å². The summed E-state index contributed by atoms with van der Waals surface area (Å²) >= 11 is 0. The van der Waals surface area contributed by atoms with Crippen LogP contribution in [0.25, 0.3) is 5.69 Å². The van der Waals surface area contributed by atoms with E-state index in [2.05, 4.69) is 4.98 Å². The van der Waals surface area contributed by atoms with E-state index in [0.717, 1.165) is 0 Å². The van der Waals surface area contributed by atoms with Gasteiger partial charge in [0, 0.05) is 11.9 Å². The van der Waals surface area contributed by atoms with Gasteiger partial charge in [0.1, 0.15) is 0 Å². The Morgan fingerprint density at radius 3 is 2.27 bits per heavy atom. The van der Waals surface area contributed by atoms with Gasteiger partial charge < -0.3 is 15.5 Å². The summed E-state index contributed by atoms with van der Waals surface area (Å²) in [5.41, 5.74) is 6.13. The highest BCUT2D eigenvalue weighted by molar-refractivity contribution is 5.98. The van der Waals surface area contributed by atoms with Crippen molar-refractivity contribution < 1.29 is 19.1 Å². The summed E-state index contributed by atoms with van der Waals surface area (Å²) in [6.45, 7) is 5.11. The Hall–Kier alpha value is -3.36. The van der Waals surface area contributed by atoms with Crippen molar-refractivity contribution in [2.75, 3.05) is 0 Å². The average molecular weight is 360 g/mol. The number of H-pyrrole nitrogens is 1. The largest absolute Gasteiger partial charge is 0.448 e. The number of nitrogens with two attached hydrogens (primary N) is 1. The Morgan fingerprint density at radius 2 is 1.81 bits per heavy atom. The first-order chi connectivity index (χ1) is 12.2. The zero-order chi connectivity index (χ0) is 19.4. The lowest BCUT2D eigenvalue weighted by molar-refractivity contribution is -0.130. The van der Waals surface area contributed by atoms with Gasteiger partial charge in [0.2, 0.25) is 0 Å². The molecule has 0 bridgehead atoms. The van der Waals surface area contributed by atoms with E-state index in [9.17, 15) is 19.2 Å². The molecule has 9 nitrogen and oxygen atoms in total. The number of hydrogen-bond donors (Lipinski definition) is 3. The number of benzene rings is 1. The predicted octanol–water partition coefficient (Wildman–Crippen LogP) is 0.850. The average Bonchev–Trinajstić information content (AvgIpc) is 2.90. The smallest absolute Gasteiger partial charge is 0.338 e. The Labute approximate surface area is 149 Å². The van der Waals surface area contributed by atoms with E-state index < -0.39 is 24.0 Å². The lowest BCUT2D eigenvalue weighted by atomic mass is 10.1. The highest BCUT2D eigenvalue weighted by atomic mass is 16.5. The summed E-state index contributed by atoms with van der Waals surface area (Å²) in [5.74, 6) is -1.88. The fraction of sp³-hybridized carbons (Fsp3) is 0.294. The number of imide groups is 1. The summed E-state index contributed by atoms with van der Waals surface area (Å²) in [4.78, 5) is 49.4. The second kappa shape index (κ2) is 7.68. The highest BCUT2D eigenvalue weighted by Gasteiger charge is 2.27. The lowest BCUT2D eigenvalue weighted by Crippen LogP contribution is -2.45. The Balaban J connectivity index is 2.17. The minimum atomic E-state index is -1.16. The molecule has 0 aliphatic carbocycles. The lowest BCUT2D eigenvalue weighted by Gasteiger charge is -2.19. The number of aryl methyl sites for hydroxylation is 1. The molecule has 1 atom stereocenters. The van der Waals surface area contributed by atoms with Crippen molar-refractivity contribution in [2.24, 2.45) is 11.7 Å². The number of urea groups is 1. The number of nitrogens with zero attached hydrogens (tertiary/aromatic N) is 1. The summed E-state index contributed by atoms with van der Waals surface area (Å²) in [5, 5.41) is 1.90. The number of ether oxygens (including phenoxy) is 1. The summed E-state index contributed by atoms with van der Waals surface area (Å²) < 4.78 is 6.66. The van der Waals surface area contributed by atoms with Crippen molar-refractivity contribution in [2.45, 2.75) is 26.9 Å². The van der Waals surface area contributed by atoms with E-state index in [0.29, 0.717) is 11.4 Å². The third-order valence-corrected chi connectivity index (χ3v) is 3.67. The second-order valence-corrected chi connectivity index (χ2v) is 6.04. The number of nitrogens with one attached hydrogen (secondary N) is 2. The molecule has 0 saturated carbocycles. The number of rotatable bonds is 5. The van der Waals surface area contributed by atoms with Gasteiger partial charge in [0.05, 0.1) is 11.3 Å². The van der Waals surface area contributed by atoms with Crippen molar-refractivity contribution in [1.82, 2.24) is 14.9 Å². The van der Waals surface area contributed by atoms with Gasteiger partial charge in [-0.1, -0.05) is 13.8 Å². The van der Waals surface area contributed by atoms with Gasteiger partial charge in [-0.3, -0.25) is 14.7 Å². The van der Waals surface area contributed by atoms with Crippen LogP contribution in [0.5, 0.6) is 0 Å². The molecule has 0 radical (unpaired) electrons. The van der Waals surface area contributed by atoms with E-state index in [-0.39, 0.29) is 17.2 Å². The molecular formula is C17H20N4O5. The number of imidazole rings is 1. The summed E-state index contributed by atoms with van der Waals surface area (Å²) in [6, 6.07) is 5.13. The molecule has 0 spiro atoms. The number of carbonyl (C=O) groups excluding carboxylic acids is 3. The molecule has 2 aromatic rings. The highest BCUT2D eigenvalue weighted by Crippen LogP contribution is 2.14. The van der Waals surface area contributed by atoms with Crippen LogP contribution >= 0.6 is 0 Å². The first-order valence-corrected chi connectivity index (χ1v) is 7.89. The molecule has 9 heteroatoms. The van der Waals surface area contributed by atoms with E-state index in [1.54, 1.807) is 39.1 Å². The van der Waals surface area contributed by atoms with Gasteiger partial charge in [0.15, 0.2) is 6.10 Å². The molecule has 138 valence electrons. The standard InChI is InChI=1S/C17H20N4O5/c1-9(2)13(14(22)20-16(18)24)26-15(23)11-4-6-12(7-5-11)21-10(3)8-19-17(21)25/h4-9,13H,1-3H3,(H,19,25)(H3,18,20,22,24). The third kappa shape index (κ3) is 4.18. The minimum Gasteiger partial charge on any atom is -0.448 e. The normalized spacial score (nSPS) is 11.8. The van der Waals surface area contributed by atoms with Crippen LogP contribution < -0.4 is 16.7 Å². The van der Waals surface area contributed by atoms with Crippen LogP contribution in [0.3, 0.4) is 0 Å². The number of hydrogen-bond acceptors (Lipinski definition) is 5. The fourth-order valence-electron chi connectivity index (χ4n) is 2.39. The molecule has 1 aromatic carbocycles. The molecule has 0 fully saturated rings. The zero-order valence-corrected chi connectivity index (χ0v) is 14.6. The van der Waals surface area contributed by atoms with Gasteiger partial charge in [-0.2, -0.15) is 0 Å². The van der Waals surface area contributed by atoms with E-state index in [1.165, 1.54) is 16.7 Å². The molecular weight excluding hydrogens is 340 g/mol. The number of aromatic amines is 1. The molecule has 1 aromatic heterocycles. The van der Waals surface area contributed by atoms with Crippen molar-refractivity contribution in [1.29, 1.82) is 0 Å². The van der Waals surface area contributed by atoms with Crippen LogP contribution in [0.2, 0.25) is 0 Å². The quantitative estimate of drug-likeness (QED) is 0.679. The number of esters is 1. The molecule has 2 rings (SSSR count). The number of aromatic nitrogens is 2. The van der Waals surface area contributed by atoms with Gasteiger partial charge in [-0.05, 0) is 37.1 Å². The topological polar surface area (TPSA) is 136 Å². The van der Waals surface area contributed by atoms with Crippen molar-refractivity contribution in [3.8, 4) is 5.69 Å². The molecule has 26 heavy (non-hydrogen) atoms. The van der Waals surface area contributed by atoms with E-state index in [4.69, 9.17) is 10.5 Å². The summed E-state index contributed by atoms with van der Waals surface area (Å²) in [7, 11) is 0. The molecule has 1 heterocycles. The third-order valence-electron chi connectivity index (χ3n) is 3.67. The zero-order valence-electron chi connectivity index (χ0n) is 14.6. The van der Waals surface area contributed by atoms with Gasteiger partial charge in [-0.15, -0.1) is 0 Å². The molecule has 0 saturated heterocycles. The molecule has 0 aliphatic rings. The predicted molar refractivity (Wildman–Crippen MR) is 92.9 cm³/mol. The molecule has 0 aliphatic heterocycles. The molecule has 4 N–H and O–H groups in total. The maximum absolute atomic E-state index is 12.3. The summed E-state index contributed by atoms with van der Waals surface area (Å²) in [6.07, 6.45) is 0.416. The van der Waals surface area contributed by atoms with Crippen LogP contribution in [-0.4, -0.2) is 33.6 Å². The number of amides is 3. The Kier molecular flexibility index (Phi) is 5.61. The first kappa shape index (κ1) is 19.0. The van der Waals surface area contributed by atoms with Gasteiger partial charge in [-0.25, -0.2) is 14.4 Å². The van der Waals surface area contributed by atoms with Gasteiger partial charge >= 0.3 is 17.7 Å².